The largest absolute Gasteiger partial charge is 0.491 e. The number of nitrogens with two attached hydrogens (primary N) is 1. The van der Waals surface area contributed by atoms with E-state index >= 15 is 0 Å². The molecule has 0 heterocycles. The van der Waals surface area contributed by atoms with Crippen molar-refractivity contribution in [3.05, 3.63) is 65.2 Å². The maximum atomic E-state index is 12.1. The van der Waals surface area contributed by atoms with Crippen LogP contribution in [0, 0.1) is 13.8 Å². The SMILES string of the molecule is Cc1cccc(C)c1OCC(NC(=O)CC(C)N)c1ccccc1. The first-order chi connectivity index (χ1) is 11.5. The molecule has 1 amide bonds. The highest BCUT2D eigenvalue weighted by Gasteiger charge is 2.17. The van der Waals surface area contributed by atoms with Gasteiger partial charge in [-0.3, -0.25) is 4.79 Å². The number of hydrogen-bond donors (Lipinski definition) is 2. The molecule has 0 fully saturated rings. The lowest BCUT2D eigenvalue weighted by Crippen LogP contribution is -2.35. The molecule has 2 rings (SSSR count). The first kappa shape index (κ1) is 18.0. The summed E-state index contributed by atoms with van der Waals surface area (Å²) in [6, 6.07) is 15.5. The standard InChI is InChI=1S/C20H26N2O2/c1-14-8-7-9-15(2)20(14)24-13-18(17-10-5-4-6-11-17)22-19(23)12-16(3)21/h4-11,16,18H,12-13,21H2,1-3H3,(H,22,23). The summed E-state index contributed by atoms with van der Waals surface area (Å²) in [5.74, 6) is 0.809. The molecule has 0 saturated carbocycles. The summed E-state index contributed by atoms with van der Waals surface area (Å²) in [5.41, 5.74) is 8.91. The van der Waals surface area contributed by atoms with Gasteiger partial charge < -0.3 is 15.8 Å². The van der Waals surface area contributed by atoms with Crippen LogP contribution in [0.5, 0.6) is 5.75 Å². The number of benzene rings is 2. The van der Waals surface area contributed by atoms with Crippen molar-refractivity contribution in [1.29, 1.82) is 0 Å². The highest BCUT2D eigenvalue weighted by Crippen LogP contribution is 2.24. The molecule has 0 spiro atoms. The zero-order valence-electron chi connectivity index (χ0n) is 14.6. The summed E-state index contributed by atoms with van der Waals surface area (Å²) < 4.78 is 6.04. The minimum absolute atomic E-state index is 0.0658. The normalized spacial score (nSPS) is 13.2. The molecule has 4 heteroatoms. The Kier molecular flexibility index (Phi) is 6.38. The van der Waals surface area contributed by atoms with Gasteiger partial charge in [-0.1, -0.05) is 48.5 Å². The quantitative estimate of drug-likeness (QED) is 0.821. The van der Waals surface area contributed by atoms with Crippen molar-refractivity contribution < 1.29 is 9.53 Å². The topological polar surface area (TPSA) is 64.3 Å². The molecule has 0 bridgehead atoms. The van der Waals surface area contributed by atoms with Crippen LogP contribution in [-0.2, 0) is 4.79 Å². The second kappa shape index (κ2) is 8.50. The summed E-state index contributed by atoms with van der Waals surface area (Å²) in [5, 5.41) is 3.03. The summed E-state index contributed by atoms with van der Waals surface area (Å²) in [7, 11) is 0. The third-order valence-corrected chi connectivity index (χ3v) is 3.85. The third-order valence-electron chi connectivity index (χ3n) is 3.85. The van der Waals surface area contributed by atoms with Crippen molar-refractivity contribution in [3.8, 4) is 5.75 Å². The number of rotatable bonds is 7. The lowest BCUT2D eigenvalue weighted by Gasteiger charge is -2.22. The van der Waals surface area contributed by atoms with E-state index in [0.717, 1.165) is 22.4 Å². The number of aryl methyl sites for hydroxylation is 2. The van der Waals surface area contributed by atoms with E-state index in [1.807, 2.05) is 69.3 Å². The highest BCUT2D eigenvalue weighted by molar-refractivity contribution is 5.77. The lowest BCUT2D eigenvalue weighted by atomic mass is 10.1. The van der Waals surface area contributed by atoms with Crippen LogP contribution in [0.1, 0.15) is 36.1 Å². The van der Waals surface area contributed by atoms with E-state index in [-0.39, 0.29) is 18.0 Å². The minimum Gasteiger partial charge on any atom is -0.491 e. The predicted molar refractivity (Wildman–Crippen MR) is 97.0 cm³/mol. The predicted octanol–water partition coefficient (Wildman–Crippen LogP) is 3.28. The van der Waals surface area contributed by atoms with Gasteiger partial charge in [0.2, 0.25) is 5.91 Å². The van der Waals surface area contributed by atoms with Crippen molar-refractivity contribution in [2.75, 3.05) is 6.61 Å². The average molecular weight is 326 g/mol. The smallest absolute Gasteiger partial charge is 0.222 e. The zero-order chi connectivity index (χ0) is 17.5. The van der Waals surface area contributed by atoms with Crippen molar-refractivity contribution in [2.24, 2.45) is 5.73 Å². The van der Waals surface area contributed by atoms with Gasteiger partial charge in [0.1, 0.15) is 12.4 Å². The second-order valence-electron chi connectivity index (χ2n) is 6.24. The summed E-state index contributed by atoms with van der Waals surface area (Å²) in [6.45, 7) is 6.24. The molecule has 0 aliphatic rings. The zero-order valence-corrected chi connectivity index (χ0v) is 14.6. The number of hydrogen-bond acceptors (Lipinski definition) is 3. The molecule has 2 aromatic rings. The van der Waals surface area contributed by atoms with Crippen LogP contribution >= 0.6 is 0 Å². The fraction of sp³-hybridized carbons (Fsp3) is 0.350. The lowest BCUT2D eigenvalue weighted by molar-refractivity contribution is -0.122. The maximum absolute atomic E-state index is 12.1. The molecule has 4 nitrogen and oxygen atoms in total. The van der Waals surface area contributed by atoms with E-state index in [2.05, 4.69) is 5.32 Å². The average Bonchev–Trinajstić information content (AvgIpc) is 2.53. The molecule has 2 aromatic carbocycles. The number of carbonyl (C=O) groups excluding carboxylic acids is 1. The molecular formula is C20H26N2O2. The fourth-order valence-corrected chi connectivity index (χ4v) is 2.65. The van der Waals surface area contributed by atoms with E-state index in [4.69, 9.17) is 10.5 Å². The second-order valence-corrected chi connectivity index (χ2v) is 6.24. The van der Waals surface area contributed by atoms with E-state index in [1.165, 1.54) is 0 Å². The van der Waals surface area contributed by atoms with Gasteiger partial charge in [-0.2, -0.15) is 0 Å². The van der Waals surface area contributed by atoms with Gasteiger partial charge in [0.05, 0.1) is 6.04 Å². The van der Waals surface area contributed by atoms with E-state index < -0.39 is 0 Å². The van der Waals surface area contributed by atoms with Crippen molar-refractivity contribution in [1.82, 2.24) is 5.32 Å². The Morgan fingerprint density at radius 3 is 2.29 bits per heavy atom. The Balaban J connectivity index is 2.13. The monoisotopic (exact) mass is 326 g/mol. The van der Waals surface area contributed by atoms with E-state index in [0.29, 0.717) is 13.0 Å². The fourth-order valence-electron chi connectivity index (χ4n) is 2.65. The number of ether oxygens (including phenoxy) is 1. The Labute approximate surface area is 144 Å². The van der Waals surface area contributed by atoms with Crippen LogP contribution in [0.25, 0.3) is 0 Å². The first-order valence-corrected chi connectivity index (χ1v) is 8.26. The van der Waals surface area contributed by atoms with Crippen LogP contribution < -0.4 is 15.8 Å². The molecular weight excluding hydrogens is 300 g/mol. The van der Waals surface area contributed by atoms with Gasteiger partial charge in [-0.15, -0.1) is 0 Å². The molecule has 0 saturated heterocycles. The van der Waals surface area contributed by atoms with E-state index in [1.54, 1.807) is 0 Å². The van der Waals surface area contributed by atoms with E-state index in [9.17, 15) is 4.79 Å². The van der Waals surface area contributed by atoms with Gasteiger partial charge in [0.15, 0.2) is 0 Å². The molecule has 3 N–H and O–H groups in total. The Hall–Kier alpha value is -2.33. The first-order valence-electron chi connectivity index (χ1n) is 8.26. The number of para-hydroxylation sites is 1. The molecule has 0 aromatic heterocycles. The number of carbonyl (C=O) groups is 1. The third kappa shape index (κ3) is 5.10. The Bertz CT molecular complexity index is 648. The summed E-state index contributed by atoms with van der Waals surface area (Å²) in [6.07, 6.45) is 0.298. The summed E-state index contributed by atoms with van der Waals surface area (Å²) in [4.78, 5) is 12.1. The van der Waals surface area contributed by atoms with Crippen LogP contribution in [0.3, 0.4) is 0 Å². The van der Waals surface area contributed by atoms with Crippen LogP contribution in [0.4, 0.5) is 0 Å². The van der Waals surface area contributed by atoms with Gasteiger partial charge in [0.25, 0.3) is 0 Å². The van der Waals surface area contributed by atoms with Gasteiger partial charge in [0, 0.05) is 12.5 Å². The molecule has 2 atom stereocenters. The van der Waals surface area contributed by atoms with Crippen LogP contribution in [0.2, 0.25) is 0 Å². The molecule has 128 valence electrons. The molecule has 0 aliphatic carbocycles. The van der Waals surface area contributed by atoms with Gasteiger partial charge in [-0.25, -0.2) is 0 Å². The Morgan fingerprint density at radius 1 is 1.08 bits per heavy atom. The minimum atomic E-state index is -0.212. The highest BCUT2D eigenvalue weighted by atomic mass is 16.5. The van der Waals surface area contributed by atoms with Crippen molar-refractivity contribution in [2.45, 2.75) is 39.3 Å². The summed E-state index contributed by atoms with van der Waals surface area (Å²) >= 11 is 0. The van der Waals surface area contributed by atoms with Crippen molar-refractivity contribution in [3.63, 3.8) is 0 Å². The molecule has 24 heavy (non-hydrogen) atoms. The maximum Gasteiger partial charge on any atom is 0.222 e. The van der Waals surface area contributed by atoms with Gasteiger partial charge in [-0.05, 0) is 37.5 Å². The number of nitrogens with one attached hydrogen (secondary N) is 1. The molecule has 0 aliphatic heterocycles. The van der Waals surface area contributed by atoms with Gasteiger partial charge >= 0.3 is 0 Å². The Morgan fingerprint density at radius 2 is 1.71 bits per heavy atom. The van der Waals surface area contributed by atoms with Crippen LogP contribution in [0.15, 0.2) is 48.5 Å². The number of amides is 1. The van der Waals surface area contributed by atoms with Crippen LogP contribution in [-0.4, -0.2) is 18.6 Å². The molecule has 2 unspecified atom stereocenters. The van der Waals surface area contributed by atoms with Crippen molar-refractivity contribution >= 4 is 5.91 Å². The molecule has 0 radical (unpaired) electrons.